The molecule has 0 unspecified atom stereocenters. The number of hydrogen-bond donors (Lipinski definition) is 1. The van der Waals surface area contributed by atoms with Gasteiger partial charge in [-0.15, -0.1) is 0 Å². The van der Waals surface area contributed by atoms with Crippen LogP contribution in [0.3, 0.4) is 0 Å². The molecule has 0 heterocycles. The predicted octanol–water partition coefficient (Wildman–Crippen LogP) is 3.72. The average Bonchev–Trinajstić information content (AvgIpc) is 2.59. The highest BCUT2D eigenvalue weighted by Crippen LogP contribution is 2.22. The Morgan fingerprint density at radius 1 is 1.04 bits per heavy atom. The molecule has 0 aromatic heterocycles. The molecule has 0 aliphatic rings. The largest absolute Gasteiger partial charge is 0.497 e. The first kappa shape index (κ1) is 17.2. The summed E-state index contributed by atoms with van der Waals surface area (Å²) in [6, 6.07) is 12.9. The summed E-state index contributed by atoms with van der Waals surface area (Å²) in [5.41, 5.74) is 1.72. The fourth-order valence-electron chi connectivity index (χ4n) is 2.19. The Balaban J connectivity index is 1.86. The molecule has 0 aliphatic carbocycles. The van der Waals surface area contributed by atoms with Crippen LogP contribution in [0, 0.1) is 0 Å². The molecule has 0 atom stereocenters. The summed E-state index contributed by atoms with van der Waals surface area (Å²) in [7, 11) is 3.12. The van der Waals surface area contributed by atoms with Crippen LogP contribution in [0.15, 0.2) is 42.5 Å². The third kappa shape index (κ3) is 5.18. The molecule has 5 heteroatoms. The van der Waals surface area contributed by atoms with Crippen molar-refractivity contribution in [1.82, 2.24) is 5.32 Å². The normalized spacial score (nSPS) is 10.2. The molecule has 0 aliphatic heterocycles. The van der Waals surface area contributed by atoms with Gasteiger partial charge in [-0.25, -0.2) is 0 Å². The second-order valence-electron chi connectivity index (χ2n) is 5.09. The Morgan fingerprint density at radius 3 is 2.22 bits per heavy atom. The van der Waals surface area contributed by atoms with Crippen molar-refractivity contribution < 1.29 is 14.3 Å². The van der Waals surface area contributed by atoms with E-state index in [2.05, 4.69) is 5.32 Å². The maximum atomic E-state index is 12.2. The van der Waals surface area contributed by atoms with Gasteiger partial charge in [-0.1, -0.05) is 23.7 Å². The van der Waals surface area contributed by atoms with Crippen molar-refractivity contribution in [3.8, 4) is 11.5 Å². The van der Waals surface area contributed by atoms with Crippen molar-refractivity contribution in [3.05, 3.63) is 58.6 Å². The lowest BCUT2D eigenvalue weighted by Crippen LogP contribution is -2.24. The number of methoxy groups -OCH3 is 2. The Kier molecular flexibility index (Phi) is 6.29. The molecule has 2 rings (SSSR count). The third-order valence-corrected chi connectivity index (χ3v) is 3.71. The molecule has 0 spiro atoms. The summed E-state index contributed by atoms with van der Waals surface area (Å²) in [5.74, 6) is 1.05. The molecule has 0 radical (unpaired) electrons. The van der Waals surface area contributed by atoms with Crippen LogP contribution in [-0.4, -0.2) is 26.7 Å². The van der Waals surface area contributed by atoms with E-state index in [0.717, 1.165) is 17.9 Å². The van der Waals surface area contributed by atoms with E-state index < -0.39 is 0 Å². The minimum atomic E-state index is -0.140. The molecule has 2 aromatic rings. The number of ether oxygens (including phenoxy) is 2. The minimum Gasteiger partial charge on any atom is -0.497 e. The second kappa shape index (κ2) is 8.44. The maximum Gasteiger partial charge on any atom is 0.251 e. The molecule has 1 N–H and O–H groups in total. The van der Waals surface area contributed by atoms with E-state index in [1.165, 1.54) is 5.56 Å². The summed E-state index contributed by atoms with van der Waals surface area (Å²) in [6.45, 7) is 0.598. The van der Waals surface area contributed by atoms with Gasteiger partial charge in [0.05, 0.1) is 14.2 Å². The molecule has 0 saturated carbocycles. The number of aryl methyl sites for hydroxylation is 1. The van der Waals surface area contributed by atoms with Gasteiger partial charge in [0.25, 0.3) is 5.91 Å². The van der Waals surface area contributed by atoms with Gasteiger partial charge in [0.2, 0.25) is 0 Å². The Morgan fingerprint density at radius 2 is 1.65 bits per heavy atom. The van der Waals surface area contributed by atoms with Crippen LogP contribution < -0.4 is 14.8 Å². The van der Waals surface area contributed by atoms with Gasteiger partial charge >= 0.3 is 0 Å². The van der Waals surface area contributed by atoms with E-state index in [-0.39, 0.29) is 5.91 Å². The maximum absolute atomic E-state index is 12.2. The average molecular weight is 334 g/mol. The predicted molar refractivity (Wildman–Crippen MR) is 91.7 cm³/mol. The van der Waals surface area contributed by atoms with Crippen LogP contribution in [-0.2, 0) is 6.42 Å². The van der Waals surface area contributed by atoms with Crippen LogP contribution in [0.5, 0.6) is 11.5 Å². The molecule has 0 bridgehead atoms. The topological polar surface area (TPSA) is 47.6 Å². The van der Waals surface area contributed by atoms with Crippen LogP contribution in [0.25, 0.3) is 0 Å². The monoisotopic (exact) mass is 333 g/mol. The lowest BCUT2D eigenvalue weighted by atomic mass is 10.1. The van der Waals surface area contributed by atoms with E-state index in [4.69, 9.17) is 21.1 Å². The molecule has 122 valence electrons. The quantitative estimate of drug-likeness (QED) is 0.785. The van der Waals surface area contributed by atoms with Gasteiger partial charge in [0.15, 0.2) is 0 Å². The minimum absolute atomic E-state index is 0.140. The first-order valence-electron chi connectivity index (χ1n) is 7.38. The summed E-state index contributed by atoms with van der Waals surface area (Å²) >= 11 is 5.85. The van der Waals surface area contributed by atoms with Crippen molar-refractivity contribution in [2.24, 2.45) is 0 Å². The summed E-state index contributed by atoms with van der Waals surface area (Å²) in [5, 5.41) is 3.64. The molecule has 23 heavy (non-hydrogen) atoms. The number of nitrogens with one attached hydrogen (secondary N) is 1. The second-order valence-corrected chi connectivity index (χ2v) is 5.52. The van der Waals surface area contributed by atoms with Crippen molar-refractivity contribution in [2.45, 2.75) is 12.8 Å². The zero-order valence-electron chi connectivity index (χ0n) is 13.3. The van der Waals surface area contributed by atoms with E-state index >= 15 is 0 Å². The summed E-state index contributed by atoms with van der Waals surface area (Å²) in [6.07, 6.45) is 1.74. The number of hydrogen-bond acceptors (Lipinski definition) is 3. The van der Waals surface area contributed by atoms with Crippen LogP contribution >= 0.6 is 11.6 Å². The fraction of sp³-hybridized carbons (Fsp3) is 0.278. The molecular weight excluding hydrogens is 314 g/mol. The van der Waals surface area contributed by atoms with Crippen LogP contribution in [0.2, 0.25) is 5.02 Å². The zero-order valence-corrected chi connectivity index (χ0v) is 14.0. The van der Waals surface area contributed by atoms with Crippen molar-refractivity contribution in [2.75, 3.05) is 20.8 Å². The highest BCUT2D eigenvalue weighted by molar-refractivity contribution is 6.30. The molecule has 0 fully saturated rings. The number of benzene rings is 2. The first-order valence-corrected chi connectivity index (χ1v) is 7.76. The van der Waals surface area contributed by atoms with Gasteiger partial charge in [-0.05, 0) is 42.7 Å². The fourth-order valence-corrected chi connectivity index (χ4v) is 2.31. The van der Waals surface area contributed by atoms with Crippen molar-refractivity contribution >= 4 is 17.5 Å². The van der Waals surface area contributed by atoms with Crippen molar-refractivity contribution in [1.29, 1.82) is 0 Å². The molecular formula is C18H20ClNO3. The van der Waals surface area contributed by atoms with Gasteiger partial charge in [0.1, 0.15) is 11.5 Å². The molecule has 0 saturated heterocycles. The van der Waals surface area contributed by atoms with Crippen LogP contribution in [0.1, 0.15) is 22.3 Å². The standard InChI is InChI=1S/C18H20ClNO3/c1-22-16-10-14(11-17(12-16)23-2)18(21)20-9-3-4-13-5-7-15(19)8-6-13/h5-8,10-12H,3-4,9H2,1-2H3,(H,20,21). The third-order valence-electron chi connectivity index (χ3n) is 3.45. The van der Waals surface area contributed by atoms with Gasteiger partial charge in [-0.2, -0.15) is 0 Å². The van der Waals surface area contributed by atoms with E-state index in [1.807, 2.05) is 24.3 Å². The molecule has 2 aromatic carbocycles. The van der Waals surface area contributed by atoms with E-state index in [1.54, 1.807) is 32.4 Å². The van der Waals surface area contributed by atoms with Crippen LogP contribution in [0.4, 0.5) is 0 Å². The number of halogens is 1. The molecule has 4 nitrogen and oxygen atoms in total. The SMILES string of the molecule is COc1cc(OC)cc(C(=O)NCCCc2ccc(Cl)cc2)c1. The Bertz CT molecular complexity index is 634. The zero-order chi connectivity index (χ0) is 16.7. The Labute approximate surface area is 141 Å². The van der Waals surface area contributed by atoms with Crippen molar-refractivity contribution in [3.63, 3.8) is 0 Å². The number of carbonyl (C=O) groups is 1. The molecule has 1 amide bonds. The number of carbonyl (C=O) groups excluding carboxylic acids is 1. The Hall–Kier alpha value is -2.20. The first-order chi connectivity index (χ1) is 11.1. The van der Waals surface area contributed by atoms with Gasteiger partial charge < -0.3 is 14.8 Å². The highest BCUT2D eigenvalue weighted by Gasteiger charge is 2.09. The number of amides is 1. The van der Waals surface area contributed by atoms with E-state index in [9.17, 15) is 4.79 Å². The smallest absolute Gasteiger partial charge is 0.251 e. The summed E-state index contributed by atoms with van der Waals surface area (Å²) < 4.78 is 10.3. The van der Waals surface area contributed by atoms with Gasteiger partial charge in [0, 0.05) is 23.2 Å². The highest BCUT2D eigenvalue weighted by atomic mass is 35.5. The van der Waals surface area contributed by atoms with Gasteiger partial charge in [-0.3, -0.25) is 4.79 Å². The number of rotatable bonds is 7. The lowest BCUT2D eigenvalue weighted by Gasteiger charge is -2.09. The van der Waals surface area contributed by atoms with E-state index in [0.29, 0.717) is 23.6 Å². The summed E-state index contributed by atoms with van der Waals surface area (Å²) in [4.78, 5) is 12.2. The lowest BCUT2D eigenvalue weighted by molar-refractivity contribution is 0.0952.